The van der Waals surface area contributed by atoms with Gasteiger partial charge in [0.05, 0.1) is 5.70 Å². The number of allylic oxidation sites excluding steroid dienone is 2. The Morgan fingerprint density at radius 2 is 2.00 bits per heavy atom. The van der Waals surface area contributed by atoms with Crippen molar-refractivity contribution in [2.75, 3.05) is 0 Å². The van der Waals surface area contributed by atoms with Gasteiger partial charge in [0.15, 0.2) is 0 Å². The highest BCUT2D eigenvalue weighted by Crippen LogP contribution is 2.29. The Bertz CT molecular complexity index is 240. The lowest BCUT2D eigenvalue weighted by molar-refractivity contribution is -0.0975. The molecule has 0 saturated heterocycles. The molecule has 0 heterocycles. The van der Waals surface area contributed by atoms with Crippen LogP contribution in [0.15, 0.2) is 11.4 Å². The highest BCUT2D eigenvalue weighted by Gasteiger charge is 2.38. The minimum Gasteiger partial charge on any atom is -0.396 e. The zero-order valence-corrected chi connectivity index (χ0v) is 6.78. The number of halogens is 3. The van der Waals surface area contributed by atoms with Crippen molar-refractivity contribution in [3.63, 3.8) is 0 Å². The largest absolute Gasteiger partial charge is 0.433 e. The van der Waals surface area contributed by atoms with Crippen LogP contribution in [0.2, 0.25) is 0 Å². The highest BCUT2D eigenvalue weighted by atomic mass is 19.4. The van der Waals surface area contributed by atoms with E-state index in [-0.39, 0.29) is 6.04 Å². The minimum atomic E-state index is -4.50. The molecule has 0 aromatic heterocycles. The van der Waals surface area contributed by atoms with Crippen LogP contribution in [0.4, 0.5) is 13.2 Å². The maximum atomic E-state index is 12.2. The molecule has 74 valence electrons. The molecule has 0 radical (unpaired) electrons. The summed E-state index contributed by atoms with van der Waals surface area (Å²) in [7, 11) is 0. The average Bonchev–Trinajstić information content (AvgIpc) is 2.80. The first-order valence-electron chi connectivity index (χ1n) is 3.79. The number of hydrogen-bond donors (Lipinski definition) is 3. The van der Waals surface area contributed by atoms with Gasteiger partial charge in [0.2, 0.25) is 0 Å². The van der Waals surface area contributed by atoms with E-state index in [1.807, 2.05) is 0 Å². The molecular formula is C7H10F3N3. The third-order valence-electron chi connectivity index (χ3n) is 1.65. The van der Waals surface area contributed by atoms with E-state index in [0.29, 0.717) is 6.21 Å². The Morgan fingerprint density at radius 1 is 1.46 bits per heavy atom. The van der Waals surface area contributed by atoms with Gasteiger partial charge >= 0.3 is 6.18 Å². The molecule has 0 aromatic rings. The van der Waals surface area contributed by atoms with Crippen LogP contribution in [0, 0.1) is 5.41 Å². The van der Waals surface area contributed by atoms with Gasteiger partial charge in [-0.15, -0.1) is 0 Å². The molecule has 3 nitrogen and oxygen atoms in total. The van der Waals surface area contributed by atoms with Crippen LogP contribution in [0.5, 0.6) is 0 Å². The fourth-order valence-corrected chi connectivity index (χ4v) is 0.833. The number of hydrogen-bond acceptors (Lipinski definition) is 3. The molecule has 1 saturated carbocycles. The first kappa shape index (κ1) is 9.88. The lowest BCUT2D eigenvalue weighted by atomic mass is 10.3. The number of nitrogens with two attached hydrogens (primary N) is 1. The molecule has 1 fully saturated rings. The van der Waals surface area contributed by atoms with E-state index in [1.165, 1.54) is 0 Å². The van der Waals surface area contributed by atoms with E-state index < -0.39 is 17.6 Å². The van der Waals surface area contributed by atoms with Crippen molar-refractivity contribution in [1.82, 2.24) is 5.32 Å². The summed E-state index contributed by atoms with van der Waals surface area (Å²) >= 11 is 0. The van der Waals surface area contributed by atoms with Gasteiger partial charge in [-0.05, 0) is 12.8 Å². The van der Waals surface area contributed by atoms with Gasteiger partial charge in [0.25, 0.3) is 0 Å². The molecule has 0 aliphatic heterocycles. The van der Waals surface area contributed by atoms with Crippen molar-refractivity contribution < 1.29 is 13.2 Å². The van der Waals surface area contributed by atoms with Crippen LogP contribution < -0.4 is 11.1 Å². The van der Waals surface area contributed by atoms with Crippen molar-refractivity contribution in [2.24, 2.45) is 5.73 Å². The summed E-state index contributed by atoms with van der Waals surface area (Å²) in [6.45, 7) is 0. The van der Waals surface area contributed by atoms with Gasteiger partial charge in [0, 0.05) is 12.3 Å². The van der Waals surface area contributed by atoms with Gasteiger partial charge in [-0.1, -0.05) is 0 Å². The number of alkyl halides is 3. The van der Waals surface area contributed by atoms with Crippen LogP contribution in [0.25, 0.3) is 0 Å². The van der Waals surface area contributed by atoms with Crippen LogP contribution in [0.1, 0.15) is 12.8 Å². The van der Waals surface area contributed by atoms with Crippen LogP contribution in [-0.4, -0.2) is 18.4 Å². The lowest BCUT2D eigenvalue weighted by Crippen LogP contribution is -2.31. The molecule has 0 spiro atoms. The molecule has 13 heavy (non-hydrogen) atoms. The van der Waals surface area contributed by atoms with Crippen molar-refractivity contribution in [2.45, 2.75) is 25.1 Å². The van der Waals surface area contributed by atoms with Crippen molar-refractivity contribution in [1.29, 1.82) is 5.41 Å². The predicted molar refractivity (Wildman–Crippen MR) is 42.2 cm³/mol. The van der Waals surface area contributed by atoms with Crippen LogP contribution in [-0.2, 0) is 0 Å². The maximum Gasteiger partial charge on any atom is 0.433 e. The molecule has 0 unspecified atom stereocenters. The monoisotopic (exact) mass is 193 g/mol. The first-order valence-corrected chi connectivity index (χ1v) is 3.79. The van der Waals surface area contributed by atoms with E-state index >= 15 is 0 Å². The van der Waals surface area contributed by atoms with Gasteiger partial charge < -0.3 is 16.5 Å². The van der Waals surface area contributed by atoms with E-state index in [9.17, 15) is 13.2 Å². The van der Waals surface area contributed by atoms with Gasteiger partial charge in [-0.3, -0.25) is 0 Å². The van der Waals surface area contributed by atoms with Gasteiger partial charge in [-0.25, -0.2) is 0 Å². The Labute approximate surface area is 73.3 Å². The molecule has 1 rings (SSSR count). The zero-order chi connectivity index (χ0) is 10.1. The summed E-state index contributed by atoms with van der Waals surface area (Å²) in [4.78, 5) is 0. The fraction of sp³-hybridized carbons (Fsp3) is 0.571. The first-order chi connectivity index (χ1) is 5.95. The molecule has 4 N–H and O–H groups in total. The van der Waals surface area contributed by atoms with Crippen LogP contribution in [0.3, 0.4) is 0 Å². The van der Waals surface area contributed by atoms with E-state index in [1.54, 1.807) is 0 Å². The van der Waals surface area contributed by atoms with Crippen molar-refractivity contribution >= 4 is 6.21 Å². The molecule has 1 aliphatic carbocycles. The highest BCUT2D eigenvalue weighted by molar-refractivity contribution is 5.75. The summed E-state index contributed by atoms with van der Waals surface area (Å²) in [6.07, 6.45) is -2.54. The Hall–Kier alpha value is -1.20. The quantitative estimate of drug-likeness (QED) is 0.588. The smallest absolute Gasteiger partial charge is 0.396 e. The Balaban J connectivity index is 2.80. The normalized spacial score (nSPS) is 19.3. The molecule has 1 aliphatic rings. The molecule has 0 amide bonds. The second-order valence-corrected chi connectivity index (χ2v) is 2.89. The third kappa shape index (κ3) is 2.64. The molecule has 0 bridgehead atoms. The Kier molecular flexibility index (Phi) is 2.49. The zero-order valence-electron chi connectivity index (χ0n) is 6.78. The van der Waals surface area contributed by atoms with Crippen molar-refractivity contribution in [3.8, 4) is 0 Å². The van der Waals surface area contributed by atoms with Crippen LogP contribution >= 0.6 is 0 Å². The van der Waals surface area contributed by atoms with Gasteiger partial charge in [-0.2, -0.15) is 13.2 Å². The average molecular weight is 193 g/mol. The molecule has 6 heteroatoms. The summed E-state index contributed by atoms with van der Waals surface area (Å²) in [6, 6.07) is -0.130. The lowest BCUT2D eigenvalue weighted by Gasteiger charge is -2.14. The number of rotatable bonds is 3. The van der Waals surface area contributed by atoms with E-state index in [4.69, 9.17) is 11.1 Å². The third-order valence-corrected chi connectivity index (χ3v) is 1.65. The predicted octanol–water partition coefficient (Wildman–Crippen LogP) is 1.12. The second kappa shape index (κ2) is 3.27. The van der Waals surface area contributed by atoms with E-state index in [0.717, 1.165) is 12.8 Å². The number of nitrogens with one attached hydrogen (secondary N) is 2. The SMILES string of the molecule is N=C/C(N)=C(\NC1CC1)C(F)(F)F. The van der Waals surface area contributed by atoms with E-state index in [2.05, 4.69) is 5.32 Å². The minimum absolute atomic E-state index is 0.130. The van der Waals surface area contributed by atoms with Gasteiger partial charge in [0.1, 0.15) is 5.70 Å². The summed E-state index contributed by atoms with van der Waals surface area (Å²) in [5.41, 5.74) is 3.47. The van der Waals surface area contributed by atoms with Crippen molar-refractivity contribution in [3.05, 3.63) is 11.4 Å². The fourth-order valence-electron chi connectivity index (χ4n) is 0.833. The molecule has 0 atom stereocenters. The Morgan fingerprint density at radius 3 is 2.31 bits per heavy atom. The summed E-state index contributed by atoms with van der Waals surface area (Å²) < 4.78 is 36.7. The molecule has 0 aromatic carbocycles. The maximum absolute atomic E-state index is 12.2. The summed E-state index contributed by atoms with van der Waals surface area (Å²) in [5.74, 6) is 0. The summed E-state index contributed by atoms with van der Waals surface area (Å²) in [5, 5.41) is 8.90. The standard InChI is InChI=1S/C7H10F3N3/c8-7(9,10)6(5(12)3-11)13-4-1-2-4/h3-4,11,13H,1-2,12H2/b6-5+,11-3?. The molecular weight excluding hydrogens is 183 g/mol. The second-order valence-electron chi connectivity index (χ2n) is 2.89. The topological polar surface area (TPSA) is 61.9 Å².